The predicted molar refractivity (Wildman–Crippen MR) is 99.4 cm³/mol. The van der Waals surface area contributed by atoms with Crippen LogP contribution in [0.25, 0.3) is 0 Å². The van der Waals surface area contributed by atoms with E-state index in [1.807, 2.05) is 37.3 Å². The predicted octanol–water partition coefficient (Wildman–Crippen LogP) is 2.64. The molecule has 0 N–H and O–H groups in total. The van der Waals surface area contributed by atoms with Gasteiger partial charge in [0.25, 0.3) is 0 Å². The van der Waals surface area contributed by atoms with Crippen LogP contribution in [0.5, 0.6) is 5.75 Å². The van der Waals surface area contributed by atoms with Crippen molar-refractivity contribution in [2.75, 3.05) is 26.2 Å². The first-order valence-corrected chi connectivity index (χ1v) is 10.1. The van der Waals surface area contributed by atoms with Crippen LogP contribution in [0.15, 0.2) is 54.6 Å². The molecule has 0 aromatic heterocycles. The van der Waals surface area contributed by atoms with Crippen molar-refractivity contribution in [2.45, 2.75) is 12.7 Å². The van der Waals surface area contributed by atoms with Crippen LogP contribution in [-0.4, -0.2) is 49.9 Å². The minimum absolute atomic E-state index is 0.0247. The van der Waals surface area contributed by atoms with Gasteiger partial charge in [0, 0.05) is 26.2 Å². The van der Waals surface area contributed by atoms with Crippen molar-refractivity contribution in [3.05, 3.63) is 65.7 Å². The lowest BCUT2D eigenvalue weighted by Crippen LogP contribution is -2.51. The van der Waals surface area contributed by atoms with Gasteiger partial charge in [0.15, 0.2) is 0 Å². The lowest BCUT2D eigenvalue weighted by atomic mass is 10.2. The summed E-state index contributed by atoms with van der Waals surface area (Å²) in [6.07, 6.45) is -0.452. The molecule has 138 valence electrons. The molecule has 0 saturated carbocycles. The van der Waals surface area contributed by atoms with Crippen molar-refractivity contribution in [3.63, 3.8) is 0 Å². The Kier molecular flexibility index (Phi) is 5.58. The molecular weight excluding hydrogens is 352 g/mol. The second kappa shape index (κ2) is 7.88. The van der Waals surface area contributed by atoms with Crippen LogP contribution in [0.4, 0.5) is 4.79 Å². The van der Waals surface area contributed by atoms with E-state index in [1.54, 1.807) is 24.3 Å². The molecule has 2 aromatic rings. The largest absolute Gasteiger partial charge is 0.415 e. The monoisotopic (exact) mass is 374 g/mol. The number of carbonyl (C=O) groups excluding carboxylic acids is 1. The minimum atomic E-state index is -3.41. The normalized spacial score (nSPS) is 15.7. The summed E-state index contributed by atoms with van der Waals surface area (Å²) in [5, 5.41) is 0. The van der Waals surface area contributed by atoms with Gasteiger partial charge in [-0.2, -0.15) is 4.31 Å². The van der Waals surface area contributed by atoms with Gasteiger partial charge in [0.05, 0.1) is 5.75 Å². The Balaban J connectivity index is 1.56. The van der Waals surface area contributed by atoms with E-state index in [-0.39, 0.29) is 18.8 Å². The maximum Gasteiger partial charge on any atom is 0.415 e. The fourth-order valence-corrected chi connectivity index (χ4v) is 4.41. The second-order valence-corrected chi connectivity index (χ2v) is 8.28. The summed E-state index contributed by atoms with van der Waals surface area (Å²) in [6.45, 7) is 3.13. The van der Waals surface area contributed by atoms with Gasteiger partial charge in [-0.25, -0.2) is 13.2 Å². The molecule has 1 aliphatic rings. The molecule has 7 heteroatoms. The molecule has 0 spiro atoms. The summed E-state index contributed by atoms with van der Waals surface area (Å²) in [5.74, 6) is 0.454. The zero-order chi connectivity index (χ0) is 18.6. The summed E-state index contributed by atoms with van der Waals surface area (Å²) >= 11 is 0. The number of piperazine rings is 1. The number of sulfonamides is 1. The van der Waals surface area contributed by atoms with E-state index in [0.717, 1.165) is 11.1 Å². The molecule has 26 heavy (non-hydrogen) atoms. The average molecular weight is 374 g/mol. The molecule has 1 fully saturated rings. The molecule has 1 amide bonds. The molecule has 0 aliphatic carbocycles. The van der Waals surface area contributed by atoms with E-state index in [9.17, 15) is 13.2 Å². The van der Waals surface area contributed by atoms with E-state index >= 15 is 0 Å². The molecule has 0 radical (unpaired) electrons. The third-order valence-corrected chi connectivity index (χ3v) is 6.12. The van der Waals surface area contributed by atoms with Crippen molar-refractivity contribution < 1.29 is 17.9 Å². The van der Waals surface area contributed by atoms with Gasteiger partial charge >= 0.3 is 6.09 Å². The highest BCUT2D eigenvalue weighted by Gasteiger charge is 2.29. The quantitative estimate of drug-likeness (QED) is 0.825. The third-order valence-electron chi connectivity index (χ3n) is 4.27. The van der Waals surface area contributed by atoms with Crippen LogP contribution < -0.4 is 4.74 Å². The molecule has 6 nitrogen and oxygen atoms in total. The lowest BCUT2D eigenvalue weighted by molar-refractivity contribution is 0.132. The van der Waals surface area contributed by atoms with E-state index in [1.165, 1.54) is 9.21 Å². The van der Waals surface area contributed by atoms with Gasteiger partial charge in [-0.1, -0.05) is 48.0 Å². The second-order valence-electron chi connectivity index (χ2n) is 6.31. The number of ether oxygens (including phenoxy) is 1. The molecule has 1 heterocycles. The molecular formula is C19H22N2O4S. The lowest BCUT2D eigenvalue weighted by Gasteiger charge is -2.33. The summed E-state index contributed by atoms with van der Waals surface area (Å²) < 4.78 is 32.0. The van der Waals surface area contributed by atoms with Crippen molar-refractivity contribution in [1.82, 2.24) is 9.21 Å². The fourth-order valence-electron chi connectivity index (χ4n) is 2.91. The molecule has 0 unspecified atom stereocenters. The maximum absolute atomic E-state index is 12.6. The van der Waals surface area contributed by atoms with Gasteiger partial charge in [-0.3, -0.25) is 0 Å². The van der Waals surface area contributed by atoms with Crippen LogP contribution >= 0.6 is 0 Å². The number of amides is 1. The minimum Gasteiger partial charge on any atom is -0.410 e. The number of nitrogens with zero attached hydrogens (tertiary/aromatic N) is 2. The Morgan fingerprint density at radius 3 is 2.35 bits per heavy atom. The van der Waals surface area contributed by atoms with E-state index in [0.29, 0.717) is 18.8 Å². The van der Waals surface area contributed by atoms with Gasteiger partial charge < -0.3 is 9.64 Å². The van der Waals surface area contributed by atoms with Crippen molar-refractivity contribution >= 4 is 16.1 Å². The Hall–Kier alpha value is -2.38. The van der Waals surface area contributed by atoms with E-state index in [2.05, 4.69) is 0 Å². The summed E-state index contributed by atoms with van der Waals surface area (Å²) in [4.78, 5) is 13.7. The molecule has 0 bridgehead atoms. The first kappa shape index (κ1) is 18.4. The van der Waals surface area contributed by atoms with Gasteiger partial charge in [0.1, 0.15) is 5.75 Å². The molecule has 1 aliphatic heterocycles. The fraction of sp³-hybridized carbons (Fsp3) is 0.316. The number of para-hydroxylation sites is 1. The number of carbonyl (C=O) groups is 1. The zero-order valence-electron chi connectivity index (χ0n) is 14.7. The topological polar surface area (TPSA) is 66.9 Å². The Morgan fingerprint density at radius 2 is 1.69 bits per heavy atom. The highest BCUT2D eigenvalue weighted by molar-refractivity contribution is 7.88. The van der Waals surface area contributed by atoms with E-state index in [4.69, 9.17) is 4.74 Å². The number of hydrogen-bond donors (Lipinski definition) is 0. The maximum atomic E-state index is 12.6. The van der Waals surface area contributed by atoms with Crippen molar-refractivity contribution in [1.29, 1.82) is 0 Å². The highest BCUT2D eigenvalue weighted by Crippen LogP contribution is 2.16. The molecule has 3 rings (SSSR count). The number of hydrogen-bond acceptors (Lipinski definition) is 4. The van der Waals surface area contributed by atoms with Crippen LogP contribution in [0.1, 0.15) is 11.1 Å². The van der Waals surface area contributed by atoms with Crippen LogP contribution in [0, 0.1) is 6.92 Å². The van der Waals surface area contributed by atoms with Crippen LogP contribution in [0.2, 0.25) is 0 Å². The smallest absolute Gasteiger partial charge is 0.410 e. The Bertz CT molecular complexity index is 860. The van der Waals surface area contributed by atoms with Gasteiger partial charge in [0.2, 0.25) is 10.0 Å². The van der Waals surface area contributed by atoms with E-state index < -0.39 is 16.1 Å². The number of aryl methyl sites for hydroxylation is 1. The molecule has 0 atom stereocenters. The average Bonchev–Trinajstić information content (AvgIpc) is 2.62. The molecule has 2 aromatic carbocycles. The number of rotatable bonds is 4. The standard InChI is InChI=1S/C19H22N2O4S/c1-16-6-5-7-17(14-16)15-26(23,24)21-12-10-20(11-13-21)19(22)25-18-8-3-2-4-9-18/h2-9,14H,10-13,15H2,1H3. The summed E-state index contributed by atoms with van der Waals surface area (Å²) in [6, 6.07) is 16.3. The SMILES string of the molecule is Cc1cccc(CS(=O)(=O)N2CCN(C(=O)Oc3ccccc3)CC2)c1. The molecule has 1 saturated heterocycles. The van der Waals surface area contributed by atoms with Crippen LogP contribution in [0.3, 0.4) is 0 Å². The number of benzene rings is 2. The van der Waals surface area contributed by atoms with Crippen molar-refractivity contribution in [2.24, 2.45) is 0 Å². The van der Waals surface area contributed by atoms with Gasteiger partial charge in [-0.05, 0) is 24.6 Å². The van der Waals surface area contributed by atoms with Crippen LogP contribution in [-0.2, 0) is 15.8 Å². The van der Waals surface area contributed by atoms with Crippen molar-refractivity contribution in [3.8, 4) is 5.75 Å². The summed E-state index contributed by atoms with van der Waals surface area (Å²) in [7, 11) is -3.41. The first-order valence-electron chi connectivity index (χ1n) is 8.49. The van der Waals surface area contributed by atoms with Gasteiger partial charge in [-0.15, -0.1) is 0 Å². The Morgan fingerprint density at radius 1 is 1.00 bits per heavy atom. The zero-order valence-corrected chi connectivity index (χ0v) is 15.5. The summed E-state index contributed by atoms with van der Waals surface area (Å²) in [5.41, 5.74) is 1.81. The highest BCUT2D eigenvalue weighted by atomic mass is 32.2. The Labute approximate surface area is 154 Å². The first-order chi connectivity index (χ1) is 12.4. The third kappa shape index (κ3) is 4.62.